The molecule has 1 amide bonds. The Hall–Kier alpha value is -5.05. The van der Waals surface area contributed by atoms with Crippen LogP contribution in [0.15, 0.2) is 94.4 Å². The quantitative estimate of drug-likeness (QED) is 0.174. The van der Waals surface area contributed by atoms with Crippen LogP contribution >= 0.6 is 0 Å². The van der Waals surface area contributed by atoms with E-state index in [1.165, 1.54) is 42.6 Å². The van der Waals surface area contributed by atoms with E-state index < -0.39 is 10.8 Å². The van der Waals surface area contributed by atoms with Gasteiger partial charge >= 0.3 is 5.91 Å². The van der Waals surface area contributed by atoms with Crippen LogP contribution in [0, 0.1) is 15.9 Å². The number of fused-ring (bicyclic) bond motifs is 2. The van der Waals surface area contributed by atoms with Gasteiger partial charge in [0.25, 0.3) is 5.69 Å². The minimum Gasteiger partial charge on any atom is -0.488 e. The van der Waals surface area contributed by atoms with Crippen molar-refractivity contribution in [1.29, 1.82) is 0 Å². The molecular formula is C27H18FN3O5. The summed E-state index contributed by atoms with van der Waals surface area (Å²) >= 11 is 0. The highest BCUT2D eigenvalue weighted by molar-refractivity contribution is 6.03. The fraction of sp³-hybridized carbons (Fsp3) is 0.0370. The Morgan fingerprint density at radius 2 is 1.83 bits per heavy atom. The van der Waals surface area contributed by atoms with E-state index >= 15 is 0 Å². The molecule has 1 heterocycles. The molecule has 178 valence electrons. The molecule has 1 aromatic heterocycles. The van der Waals surface area contributed by atoms with E-state index in [0.717, 1.165) is 16.3 Å². The molecule has 8 nitrogen and oxygen atoms in total. The number of halogens is 1. The predicted octanol–water partition coefficient (Wildman–Crippen LogP) is 5.98. The molecule has 1 N–H and O–H groups in total. The number of nitro benzene ring substituents is 1. The van der Waals surface area contributed by atoms with Crippen LogP contribution in [-0.4, -0.2) is 17.0 Å². The van der Waals surface area contributed by atoms with Crippen molar-refractivity contribution in [3.8, 4) is 5.75 Å². The van der Waals surface area contributed by atoms with Gasteiger partial charge in [0.15, 0.2) is 5.76 Å². The number of hydrogen-bond acceptors (Lipinski definition) is 6. The molecule has 36 heavy (non-hydrogen) atoms. The Morgan fingerprint density at radius 1 is 1.03 bits per heavy atom. The monoisotopic (exact) mass is 483 g/mol. The molecule has 0 spiro atoms. The third kappa shape index (κ3) is 4.76. The highest BCUT2D eigenvalue weighted by Gasteiger charge is 2.15. The van der Waals surface area contributed by atoms with Gasteiger partial charge in [-0.15, -0.1) is 0 Å². The van der Waals surface area contributed by atoms with E-state index in [2.05, 4.69) is 10.5 Å². The third-order valence-electron chi connectivity index (χ3n) is 5.53. The number of carbonyl (C=O) groups excluding carboxylic acids is 1. The van der Waals surface area contributed by atoms with Crippen LogP contribution in [0.5, 0.6) is 5.75 Å². The summed E-state index contributed by atoms with van der Waals surface area (Å²) in [6.07, 6.45) is 1.48. The lowest BCUT2D eigenvalue weighted by Gasteiger charge is -2.12. The zero-order valence-electron chi connectivity index (χ0n) is 18.7. The number of hydrazone groups is 1. The summed E-state index contributed by atoms with van der Waals surface area (Å²) in [4.78, 5) is 23.1. The van der Waals surface area contributed by atoms with Gasteiger partial charge < -0.3 is 9.15 Å². The van der Waals surface area contributed by atoms with E-state index in [9.17, 15) is 19.3 Å². The number of nitrogens with zero attached hydrogens (tertiary/aromatic N) is 2. The number of benzene rings is 4. The molecule has 9 heteroatoms. The molecule has 5 rings (SSSR count). The van der Waals surface area contributed by atoms with Gasteiger partial charge in [-0.2, -0.15) is 5.10 Å². The summed E-state index contributed by atoms with van der Waals surface area (Å²) in [5.74, 6) is -0.435. The first-order chi connectivity index (χ1) is 17.5. The number of ether oxygens (including phenoxy) is 1. The Balaban J connectivity index is 1.38. The third-order valence-corrected chi connectivity index (χ3v) is 5.53. The van der Waals surface area contributed by atoms with Crippen molar-refractivity contribution in [3.63, 3.8) is 0 Å². The van der Waals surface area contributed by atoms with Crippen molar-refractivity contribution < 1.29 is 23.3 Å². The molecular weight excluding hydrogens is 465 g/mol. The summed E-state index contributed by atoms with van der Waals surface area (Å²) in [6.45, 7) is 0.219. The van der Waals surface area contributed by atoms with Gasteiger partial charge in [0.2, 0.25) is 0 Å². The van der Waals surface area contributed by atoms with Crippen molar-refractivity contribution >= 4 is 39.6 Å². The first kappa shape index (κ1) is 22.7. The Kier molecular flexibility index (Phi) is 6.10. The van der Waals surface area contributed by atoms with Gasteiger partial charge in [-0.25, -0.2) is 9.82 Å². The van der Waals surface area contributed by atoms with Crippen LogP contribution in [-0.2, 0) is 6.61 Å². The van der Waals surface area contributed by atoms with Crippen LogP contribution in [0.2, 0.25) is 0 Å². The second-order valence-corrected chi connectivity index (χ2v) is 7.90. The highest BCUT2D eigenvalue weighted by Crippen LogP contribution is 2.28. The number of furan rings is 1. The molecule has 0 aliphatic carbocycles. The Bertz CT molecular complexity index is 1630. The molecule has 0 bridgehead atoms. The van der Waals surface area contributed by atoms with Crippen LogP contribution in [0.3, 0.4) is 0 Å². The fourth-order valence-electron chi connectivity index (χ4n) is 3.74. The zero-order chi connectivity index (χ0) is 25.1. The lowest BCUT2D eigenvalue weighted by atomic mass is 10.0. The van der Waals surface area contributed by atoms with Crippen LogP contribution < -0.4 is 10.2 Å². The van der Waals surface area contributed by atoms with Crippen molar-refractivity contribution in [2.75, 3.05) is 0 Å². The molecule has 0 saturated carbocycles. The maximum Gasteiger partial charge on any atom is 0.307 e. The van der Waals surface area contributed by atoms with E-state index in [-0.39, 0.29) is 23.9 Å². The highest BCUT2D eigenvalue weighted by atomic mass is 19.1. The molecule has 0 saturated heterocycles. The number of rotatable bonds is 7. The minimum atomic E-state index is -0.612. The van der Waals surface area contributed by atoms with E-state index in [0.29, 0.717) is 22.3 Å². The van der Waals surface area contributed by atoms with Gasteiger partial charge in [-0.3, -0.25) is 14.9 Å². The fourth-order valence-corrected chi connectivity index (χ4v) is 3.74. The van der Waals surface area contributed by atoms with E-state index in [4.69, 9.17) is 9.15 Å². The lowest BCUT2D eigenvalue weighted by molar-refractivity contribution is -0.384. The molecule has 0 radical (unpaired) electrons. The second kappa shape index (κ2) is 9.67. The maximum atomic E-state index is 13.2. The Labute approximate surface area is 203 Å². The maximum absolute atomic E-state index is 13.2. The average Bonchev–Trinajstić information content (AvgIpc) is 3.32. The summed E-state index contributed by atoms with van der Waals surface area (Å²) in [7, 11) is 0. The molecule has 0 aliphatic heterocycles. The summed E-state index contributed by atoms with van der Waals surface area (Å²) in [5.41, 5.74) is 4.12. The van der Waals surface area contributed by atoms with Crippen molar-refractivity contribution in [2.45, 2.75) is 6.61 Å². The Morgan fingerprint density at radius 3 is 2.64 bits per heavy atom. The number of nitrogens with one attached hydrogen (secondary N) is 1. The molecule has 0 fully saturated rings. The smallest absolute Gasteiger partial charge is 0.307 e. The summed E-state index contributed by atoms with van der Waals surface area (Å²) in [6, 6.07) is 22.9. The molecule has 5 aromatic rings. The summed E-state index contributed by atoms with van der Waals surface area (Å²) in [5, 5.41) is 17.3. The first-order valence-electron chi connectivity index (χ1n) is 10.9. The van der Waals surface area contributed by atoms with Gasteiger partial charge in [0.05, 0.1) is 11.1 Å². The zero-order valence-corrected chi connectivity index (χ0v) is 18.7. The minimum absolute atomic E-state index is 0.0339. The molecule has 4 aromatic carbocycles. The van der Waals surface area contributed by atoms with Gasteiger partial charge in [-0.05, 0) is 46.7 Å². The largest absolute Gasteiger partial charge is 0.488 e. The number of non-ortho nitro benzene ring substituents is 1. The lowest BCUT2D eigenvalue weighted by Crippen LogP contribution is -2.16. The van der Waals surface area contributed by atoms with Crippen molar-refractivity contribution in [2.24, 2.45) is 5.10 Å². The molecule has 0 atom stereocenters. The van der Waals surface area contributed by atoms with Gasteiger partial charge in [0, 0.05) is 23.1 Å². The number of amides is 1. The van der Waals surface area contributed by atoms with Crippen LogP contribution in [0.4, 0.5) is 10.1 Å². The van der Waals surface area contributed by atoms with Gasteiger partial charge in [0.1, 0.15) is 23.8 Å². The normalized spacial score (nSPS) is 11.2. The van der Waals surface area contributed by atoms with Crippen molar-refractivity contribution in [1.82, 2.24) is 5.43 Å². The topological polar surface area (TPSA) is 107 Å². The predicted molar refractivity (Wildman–Crippen MR) is 133 cm³/mol. The number of carbonyl (C=O) groups is 1. The SMILES string of the molecule is O=C(N/N=C\c1c(OCc2ccc(F)cc2)ccc2ccccc12)c1cc2cc([N+](=O)[O-])ccc2o1. The standard InChI is InChI=1S/C27H18FN3O5/c28-20-8-5-17(6-9-20)16-35-25-11-7-18-3-1-2-4-22(18)23(25)15-29-30-27(32)26-14-19-13-21(31(33)34)10-12-24(19)36-26/h1-15H,16H2,(H,30,32)/b29-15-. The molecule has 0 unspecified atom stereocenters. The number of nitro groups is 1. The van der Waals surface area contributed by atoms with Crippen LogP contribution in [0.25, 0.3) is 21.7 Å². The second-order valence-electron chi connectivity index (χ2n) is 7.90. The van der Waals surface area contributed by atoms with Crippen molar-refractivity contribution in [3.05, 3.63) is 118 Å². The van der Waals surface area contributed by atoms with Gasteiger partial charge in [-0.1, -0.05) is 42.5 Å². The van der Waals surface area contributed by atoms with Crippen LogP contribution in [0.1, 0.15) is 21.7 Å². The first-order valence-corrected chi connectivity index (χ1v) is 10.9. The van der Waals surface area contributed by atoms with E-state index in [1.807, 2.05) is 30.3 Å². The molecule has 0 aliphatic rings. The average molecular weight is 483 g/mol. The number of hydrogen-bond donors (Lipinski definition) is 1. The summed E-state index contributed by atoms with van der Waals surface area (Å²) < 4.78 is 24.7. The van der Waals surface area contributed by atoms with E-state index in [1.54, 1.807) is 18.2 Å².